The largest absolute Gasteiger partial charge is 0.379 e. The first-order valence-electron chi connectivity index (χ1n) is 5.85. The number of carbonyl (C=O) groups excluding carboxylic acids is 1. The lowest BCUT2D eigenvalue weighted by molar-refractivity contribution is -0.128. The predicted molar refractivity (Wildman–Crippen MR) is 77.6 cm³/mol. The van der Waals surface area contributed by atoms with Gasteiger partial charge in [0.05, 0.1) is 18.6 Å². The average molecular weight is 302 g/mol. The maximum absolute atomic E-state index is 11.7. The number of rotatable bonds is 5. The van der Waals surface area contributed by atoms with E-state index in [9.17, 15) is 4.79 Å². The Morgan fingerprint density at radius 1 is 1.33 bits per heavy atom. The molecule has 0 saturated carbocycles. The molecule has 0 atom stereocenters. The molecule has 0 radical (unpaired) electrons. The Labute approximate surface area is 122 Å². The van der Waals surface area contributed by atoms with Gasteiger partial charge >= 0.3 is 0 Å². The summed E-state index contributed by atoms with van der Waals surface area (Å²) in [5, 5.41) is 2.92. The maximum atomic E-state index is 11.7. The van der Waals surface area contributed by atoms with Crippen molar-refractivity contribution in [3.05, 3.63) is 0 Å². The van der Waals surface area contributed by atoms with Gasteiger partial charge in [0, 0.05) is 32.7 Å². The monoisotopic (exact) mass is 301 g/mol. The molecular formula is C11H25Cl2N3O2. The standard InChI is InChI=1S/C11H23N3O2.2ClH/c1-11(2,9-12)10(15)13-3-4-14-5-7-16-8-6-14;;/h3-9,12H2,1-2H3,(H,13,15);2*1H. The van der Waals surface area contributed by atoms with E-state index >= 15 is 0 Å². The molecule has 18 heavy (non-hydrogen) atoms. The highest BCUT2D eigenvalue weighted by atomic mass is 35.5. The molecule has 7 heteroatoms. The zero-order valence-electron chi connectivity index (χ0n) is 11.1. The molecule has 1 heterocycles. The molecule has 5 nitrogen and oxygen atoms in total. The topological polar surface area (TPSA) is 67.6 Å². The molecule has 0 aromatic heterocycles. The highest BCUT2D eigenvalue weighted by Gasteiger charge is 2.25. The summed E-state index contributed by atoms with van der Waals surface area (Å²) >= 11 is 0. The summed E-state index contributed by atoms with van der Waals surface area (Å²) in [6.45, 7) is 9.15. The molecule has 1 aliphatic heterocycles. The molecule has 1 rings (SSSR count). The number of hydrogen-bond acceptors (Lipinski definition) is 4. The third kappa shape index (κ3) is 6.75. The smallest absolute Gasteiger partial charge is 0.226 e. The van der Waals surface area contributed by atoms with E-state index in [0.29, 0.717) is 13.1 Å². The normalized spacial score (nSPS) is 16.4. The summed E-state index contributed by atoms with van der Waals surface area (Å²) in [4.78, 5) is 14.0. The molecule has 0 aromatic rings. The fourth-order valence-corrected chi connectivity index (χ4v) is 1.48. The lowest BCUT2D eigenvalue weighted by Crippen LogP contribution is -2.46. The summed E-state index contributed by atoms with van der Waals surface area (Å²) in [5.74, 6) is 0.0308. The number of ether oxygens (including phenoxy) is 1. The average Bonchev–Trinajstić information content (AvgIpc) is 2.30. The van der Waals surface area contributed by atoms with Crippen LogP contribution < -0.4 is 11.1 Å². The molecule has 0 unspecified atom stereocenters. The maximum Gasteiger partial charge on any atom is 0.226 e. The number of amides is 1. The number of morpholine rings is 1. The molecule has 0 bridgehead atoms. The minimum Gasteiger partial charge on any atom is -0.379 e. The van der Waals surface area contributed by atoms with Gasteiger partial charge in [-0.05, 0) is 13.8 Å². The van der Waals surface area contributed by atoms with Crippen LogP contribution in [-0.4, -0.2) is 56.7 Å². The quantitative estimate of drug-likeness (QED) is 0.765. The Kier molecular flexibility index (Phi) is 11.0. The van der Waals surface area contributed by atoms with Crippen LogP contribution in [0.4, 0.5) is 0 Å². The molecule has 1 fully saturated rings. The van der Waals surface area contributed by atoms with Crippen molar-refractivity contribution in [3.63, 3.8) is 0 Å². The highest BCUT2D eigenvalue weighted by molar-refractivity contribution is 5.85. The van der Waals surface area contributed by atoms with Crippen molar-refractivity contribution < 1.29 is 9.53 Å². The van der Waals surface area contributed by atoms with E-state index in [1.807, 2.05) is 13.8 Å². The van der Waals surface area contributed by atoms with E-state index in [1.54, 1.807) is 0 Å². The molecule has 0 aromatic carbocycles. The zero-order chi connectivity index (χ0) is 12.0. The van der Waals surface area contributed by atoms with Crippen LogP contribution in [0.25, 0.3) is 0 Å². The lowest BCUT2D eigenvalue weighted by Gasteiger charge is -2.27. The van der Waals surface area contributed by atoms with Gasteiger partial charge in [-0.3, -0.25) is 9.69 Å². The zero-order valence-corrected chi connectivity index (χ0v) is 12.7. The van der Waals surface area contributed by atoms with Gasteiger partial charge < -0.3 is 15.8 Å². The second kappa shape index (κ2) is 9.81. The van der Waals surface area contributed by atoms with E-state index in [4.69, 9.17) is 10.5 Å². The van der Waals surface area contributed by atoms with E-state index < -0.39 is 5.41 Å². The van der Waals surface area contributed by atoms with Crippen LogP contribution in [0.15, 0.2) is 0 Å². The number of nitrogens with one attached hydrogen (secondary N) is 1. The Morgan fingerprint density at radius 2 is 1.89 bits per heavy atom. The van der Waals surface area contributed by atoms with E-state index in [0.717, 1.165) is 32.8 Å². The molecule has 3 N–H and O–H groups in total. The van der Waals surface area contributed by atoms with Crippen LogP contribution in [0, 0.1) is 5.41 Å². The van der Waals surface area contributed by atoms with Crippen LogP contribution in [0.1, 0.15) is 13.8 Å². The van der Waals surface area contributed by atoms with Crippen LogP contribution in [-0.2, 0) is 9.53 Å². The Morgan fingerprint density at radius 3 is 2.39 bits per heavy atom. The minimum absolute atomic E-state index is 0. The molecule has 1 saturated heterocycles. The number of hydrogen-bond donors (Lipinski definition) is 2. The number of halogens is 2. The van der Waals surface area contributed by atoms with E-state index in [1.165, 1.54) is 0 Å². The second-order valence-electron chi connectivity index (χ2n) is 4.80. The van der Waals surface area contributed by atoms with Gasteiger partial charge in [-0.2, -0.15) is 0 Å². The van der Waals surface area contributed by atoms with Gasteiger partial charge in [0.1, 0.15) is 0 Å². The summed E-state index contributed by atoms with van der Waals surface area (Å²) in [5.41, 5.74) is 5.07. The van der Waals surface area contributed by atoms with Crippen molar-refractivity contribution in [2.45, 2.75) is 13.8 Å². The molecule has 1 amide bonds. The van der Waals surface area contributed by atoms with Gasteiger partial charge in [-0.15, -0.1) is 24.8 Å². The number of carbonyl (C=O) groups is 1. The van der Waals surface area contributed by atoms with Crippen LogP contribution in [0.2, 0.25) is 0 Å². The van der Waals surface area contributed by atoms with Gasteiger partial charge in [-0.25, -0.2) is 0 Å². The van der Waals surface area contributed by atoms with Crippen molar-refractivity contribution >= 4 is 30.7 Å². The Hall–Kier alpha value is -0.0700. The van der Waals surface area contributed by atoms with E-state index in [-0.39, 0.29) is 30.7 Å². The van der Waals surface area contributed by atoms with Crippen molar-refractivity contribution in [1.29, 1.82) is 0 Å². The Bertz CT molecular complexity index is 234. The van der Waals surface area contributed by atoms with E-state index in [2.05, 4.69) is 10.2 Å². The molecule has 1 aliphatic rings. The number of nitrogens with two attached hydrogens (primary N) is 1. The van der Waals surface area contributed by atoms with Gasteiger partial charge in [0.25, 0.3) is 0 Å². The fraction of sp³-hybridized carbons (Fsp3) is 0.909. The summed E-state index contributed by atoms with van der Waals surface area (Å²) in [6.07, 6.45) is 0. The predicted octanol–water partition coefficient (Wildman–Crippen LogP) is 0.263. The summed E-state index contributed by atoms with van der Waals surface area (Å²) in [7, 11) is 0. The third-order valence-corrected chi connectivity index (χ3v) is 2.94. The van der Waals surface area contributed by atoms with Gasteiger partial charge in [0.2, 0.25) is 5.91 Å². The first-order chi connectivity index (χ1) is 7.56. The molecule has 0 aliphatic carbocycles. The van der Waals surface area contributed by atoms with Crippen LogP contribution >= 0.6 is 24.8 Å². The van der Waals surface area contributed by atoms with Crippen molar-refractivity contribution in [2.75, 3.05) is 45.9 Å². The van der Waals surface area contributed by atoms with Crippen molar-refractivity contribution in [1.82, 2.24) is 10.2 Å². The van der Waals surface area contributed by atoms with Gasteiger partial charge in [-0.1, -0.05) is 0 Å². The molecule has 110 valence electrons. The summed E-state index contributed by atoms with van der Waals surface area (Å²) < 4.78 is 5.25. The van der Waals surface area contributed by atoms with Crippen LogP contribution in [0.3, 0.4) is 0 Å². The highest BCUT2D eigenvalue weighted by Crippen LogP contribution is 2.11. The first-order valence-corrected chi connectivity index (χ1v) is 5.85. The minimum atomic E-state index is -0.467. The fourth-order valence-electron chi connectivity index (χ4n) is 1.48. The third-order valence-electron chi connectivity index (χ3n) is 2.94. The van der Waals surface area contributed by atoms with Gasteiger partial charge in [0.15, 0.2) is 0 Å². The SMILES string of the molecule is CC(C)(CN)C(=O)NCCN1CCOCC1.Cl.Cl. The second-order valence-corrected chi connectivity index (χ2v) is 4.80. The number of nitrogens with zero attached hydrogens (tertiary/aromatic N) is 1. The first kappa shape index (κ1) is 20.3. The lowest BCUT2D eigenvalue weighted by atomic mass is 9.93. The molecule has 0 spiro atoms. The van der Waals surface area contributed by atoms with Crippen molar-refractivity contribution in [2.24, 2.45) is 11.1 Å². The van der Waals surface area contributed by atoms with Crippen LogP contribution in [0.5, 0.6) is 0 Å². The Balaban J connectivity index is 0. The van der Waals surface area contributed by atoms with Crippen molar-refractivity contribution in [3.8, 4) is 0 Å². The molecular weight excluding hydrogens is 277 g/mol. The summed E-state index contributed by atoms with van der Waals surface area (Å²) in [6, 6.07) is 0.